The lowest BCUT2D eigenvalue weighted by atomic mass is 10.1. The molecule has 27 heavy (non-hydrogen) atoms. The summed E-state index contributed by atoms with van der Waals surface area (Å²) in [4.78, 5) is 30.3. The summed E-state index contributed by atoms with van der Waals surface area (Å²) in [5, 5.41) is 3.57. The summed E-state index contributed by atoms with van der Waals surface area (Å²) >= 11 is 0. The van der Waals surface area contributed by atoms with Gasteiger partial charge in [-0.1, -0.05) is 18.2 Å². The van der Waals surface area contributed by atoms with Crippen molar-refractivity contribution in [2.45, 2.75) is 19.8 Å². The Balaban J connectivity index is 1.59. The van der Waals surface area contributed by atoms with Gasteiger partial charge >= 0.3 is 0 Å². The van der Waals surface area contributed by atoms with Crippen molar-refractivity contribution in [3.05, 3.63) is 65.6 Å². The average molecular weight is 363 g/mol. The summed E-state index contributed by atoms with van der Waals surface area (Å²) < 4.78 is 14.5. The van der Waals surface area contributed by atoms with Gasteiger partial charge in [0, 0.05) is 24.0 Å². The van der Waals surface area contributed by atoms with Crippen LogP contribution >= 0.6 is 0 Å². The summed E-state index contributed by atoms with van der Waals surface area (Å²) in [6.45, 7) is 2.29. The molecule has 0 unspecified atom stereocenters. The van der Waals surface area contributed by atoms with Crippen LogP contribution in [-0.2, 0) is 4.79 Å². The lowest BCUT2D eigenvalue weighted by Crippen LogP contribution is -2.24. The van der Waals surface area contributed by atoms with E-state index < -0.39 is 5.82 Å². The molecule has 2 aromatic carbocycles. The van der Waals surface area contributed by atoms with Crippen LogP contribution in [0.1, 0.15) is 28.9 Å². The van der Waals surface area contributed by atoms with E-state index >= 15 is 0 Å². The second-order valence-corrected chi connectivity index (χ2v) is 6.58. The van der Waals surface area contributed by atoms with E-state index in [4.69, 9.17) is 0 Å². The predicted molar refractivity (Wildman–Crippen MR) is 102 cm³/mol. The van der Waals surface area contributed by atoms with E-state index in [0.717, 1.165) is 17.3 Å². The van der Waals surface area contributed by atoms with E-state index in [0.29, 0.717) is 29.9 Å². The van der Waals surface area contributed by atoms with E-state index in [1.165, 1.54) is 17.0 Å². The zero-order chi connectivity index (χ0) is 19.0. The fourth-order valence-corrected chi connectivity index (χ4v) is 3.35. The van der Waals surface area contributed by atoms with Crippen LogP contribution in [0.4, 0.5) is 15.8 Å². The molecule has 0 atom stereocenters. The first-order valence-electron chi connectivity index (χ1n) is 8.80. The first-order chi connectivity index (χ1) is 13.0. The smallest absolute Gasteiger partial charge is 0.257 e. The molecule has 1 fully saturated rings. The van der Waals surface area contributed by atoms with E-state index in [1.807, 2.05) is 24.3 Å². The van der Waals surface area contributed by atoms with Crippen molar-refractivity contribution in [3.8, 4) is 0 Å². The number of carbonyl (C=O) groups excluding carboxylic acids is 2. The zero-order valence-corrected chi connectivity index (χ0v) is 14.8. The van der Waals surface area contributed by atoms with Gasteiger partial charge in [-0.2, -0.15) is 0 Å². The molecule has 0 bridgehead atoms. The van der Waals surface area contributed by atoms with Gasteiger partial charge in [0.15, 0.2) is 0 Å². The first kappa shape index (κ1) is 17.1. The maximum Gasteiger partial charge on any atom is 0.257 e. The normalized spacial score (nSPS) is 14.0. The number of rotatable bonds is 3. The quantitative estimate of drug-likeness (QED) is 0.763. The zero-order valence-electron chi connectivity index (χ0n) is 14.8. The highest BCUT2D eigenvalue weighted by Crippen LogP contribution is 2.27. The number of para-hydroxylation sites is 1. The van der Waals surface area contributed by atoms with Crippen molar-refractivity contribution in [1.82, 2.24) is 4.98 Å². The summed E-state index contributed by atoms with van der Waals surface area (Å²) in [5.74, 6) is -0.963. The van der Waals surface area contributed by atoms with Crippen LogP contribution < -0.4 is 10.2 Å². The molecular weight excluding hydrogens is 345 g/mol. The topological polar surface area (TPSA) is 62.3 Å². The maximum absolute atomic E-state index is 14.5. The average Bonchev–Trinajstić information content (AvgIpc) is 3.07. The number of hydrogen-bond acceptors (Lipinski definition) is 3. The van der Waals surface area contributed by atoms with E-state index in [2.05, 4.69) is 10.3 Å². The monoisotopic (exact) mass is 363 g/mol. The van der Waals surface area contributed by atoms with Gasteiger partial charge < -0.3 is 10.2 Å². The number of carbonyl (C=O) groups is 2. The molecule has 5 nitrogen and oxygen atoms in total. The van der Waals surface area contributed by atoms with Crippen molar-refractivity contribution < 1.29 is 14.0 Å². The van der Waals surface area contributed by atoms with Gasteiger partial charge in [0.25, 0.3) is 5.91 Å². The number of aromatic nitrogens is 1. The van der Waals surface area contributed by atoms with Crippen LogP contribution in [-0.4, -0.2) is 23.3 Å². The summed E-state index contributed by atoms with van der Waals surface area (Å²) in [5.41, 5.74) is 2.44. The number of nitrogens with zero attached hydrogens (tertiary/aromatic N) is 2. The van der Waals surface area contributed by atoms with Gasteiger partial charge in [0.05, 0.1) is 22.5 Å². The fraction of sp³-hybridized carbons (Fsp3) is 0.190. The molecule has 0 saturated carbocycles. The van der Waals surface area contributed by atoms with E-state index in [1.54, 1.807) is 19.1 Å². The second kappa shape index (κ2) is 6.79. The van der Waals surface area contributed by atoms with Crippen molar-refractivity contribution in [1.29, 1.82) is 0 Å². The Hall–Kier alpha value is -3.28. The lowest BCUT2D eigenvalue weighted by molar-refractivity contribution is -0.117. The number of halogens is 1. The number of hydrogen-bond donors (Lipinski definition) is 1. The third-order valence-electron chi connectivity index (χ3n) is 4.73. The largest absolute Gasteiger partial charge is 0.322 e. The summed E-state index contributed by atoms with van der Waals surface area (Å²) in [6, 6.07) is 13.7. The van der Waals surface area contributed by atoms with Crippen molar-refractivity contribution in [2.75, 3.05) is 16.8 Å². The number of amides is 2. The molecule has 0 aliphatic carbocycles. The van der Waals surface area contributed by atoms with Gasteiger partial charge in [0.2, 0.25) is 5.91 Å². The van der Waals surface area contributed by atoms with Gasteiger partial charge in [0.1, 0.15) is 5.82 Å². The highest BCUT2D eigenvalue weighted by atomic mass is 19.1. The number of benzene rings is 2. The van der Waals surface area contributed by atoms with Crippen LogP contribution in [0.15, 0.2) is 48.5 Å². The van der Waals surface area contributed by atoms with Gasteiger partial charge in [-0.25, -0.2) is 4.39 Å². The Bertz CT molecular complexity index is 1060. The molecule has 1 aliphatic heterocycles. The SMILES string of the molecule is Cc1nc2ccccc2cc1C(=O)Nc1ccc(N2CCCC2=O)c(F)c1. The molecule has 1 saturated heterocycles. The number of pyridine rings is 1. The van der Waals surface area contributed by atoms with Gasteiger partial charge in [-0.15, -0.1) is 0 Å². The van der Waals surface area contributed by atoms with Gasteiger partial charge in [-0.05, 0) is 43.7 Å². The molecule has 4 rings (SSSR count). The van der Waals surface area contributed by atoms with Crippen LogP contribution in [0.5, 0.6) is 0 Å². The predicted octanol–water partition coefficient (Wildman–Crippen LogP) is 4.06. The standard InChI is InChI=1S/C21H18FN3O2/c1-13-16(11-14-5-2-3-6-18(14)23-13)21(27)24-15-8-9-19(17(22)12-15)25-10-4-7-20(25)26/h2-3,5-6,8-9,11-12H,4,7,10H2,1H3,(H,24,27). The molecule has 2 heterocycles. The number of aryl methyl sites for hydroxylation is 1. The fourth-order valence-electron chi connectivity index (χ4n) is 3.35. The molecule has 2 amide bonds. The lowest BCUT2D eigenvalue weighted by Gasteiger charge is -2.17. The number of anilines is 2. The molecule has 1 aromatic heterocycles. The minimum atomic E-state index is -0.531. The molecular formula is C21H18FN3O2. The summed E-state index contributed by atoms with van der Waals surface area (Å²) in [7, 11) is 0. The third kappa shape index (κ3) is 3.26. The number of fused-ring (bicyclic) bond motifs is 1. The highest BCUT2D eigenvalue weighted by Gasteiger charge is 2.24. The summed E-state index contributed by atoms with van der Waals surface area (Å²) in [6.07, 6.45) is 1.16. The minimum Gasteiger partial charge on any atom is -0.322 e. The Labute approximate surface area is 155 Å². The molecule has 1 aliphatic rings. The van der Waals surface area contributed by atoms with Crippen molar-refractivity contribution in [3.63, 3.8) is 0 Å². The molecule has 3 aromatic rings. The Morgan fingerprint density at radius 2 is 2.00 bits per heavy atom. The van der Waals surface area contributed by atoms with Crippen molar-refractivity contribution in [2.24, 2.45) is 0 Å². The van der Waals surface area contributed by atoms with Crippen molar-refractivity contribution >= 4 is 34.1 Å². The van der Waals surface area contributed by atoms with Gasteiger partial charge in [-0.3, -0.25) is 14.6 Å². The maximum atomic E-state index is 14.5. The van der Waals surface area contributed by atoms with E-state index in [-0.39, 0.29) is 17.5 Å². The molecule has 6 heteroatoms. The minimum absolute atomic E-state index is 0.0800. The Morgan fingerprint density at radius 1 is 1.19 bits per heavy atom. The van der Waals surface area contributed by atoms with Crippen LogP contribution in [0.25, 0.3) is 10.9 Å². The molecule has 136 valence electrons. The Kier molecular flexibility index (Phi) is 4.32. The molecule has 1 N–H and O–H groups in total. The first-order valence-corrected chi connectivity index (χ1v) is 8.80. The second-order valence-electron chi connectivity index (χ2n) is 6.58. The highest BCUT2D eigenvalue weighted by molar-refractivity contribution is 6.07. The van der Waals surface area contributed by atoms with Crippen LogP contribution in [0, 0.1) is 12.7 Å². The Morgan fingerprint density at radius 3 is 2.74 bits per heavy atom. The van der Waals surface area contributed by atoms with Crippen LogP contribution in [0.3, 0.4) is 0 Å². The number of nitrogens with one attached hydrogen (secondary N) is 1. The molecule has 0 radical (unpaired) electrons. The third-order valence-corrected chi connectivity index (χ3v) is 4.73. The van der Waals surface area contributed by atoms with Crippen LogP contribution in [0.2, 0.25) is 0 Å². The van der Waals surface area contributed by atoms with E-state index in [9.17, 15) is 14.0 Å². The molecule has 0 spiro atoms.